The minimum atomic E-state index is -0.459. The van der Waals surface area contributed by atoms with Gasteiger partial charge in [0.05, 0.1) is 19.3 Å². The molecule has 2 aromatic rings. The third-order valence-corrected chi connectivity index (χ3v) is 4.38. The third-order valence-electron chi connectivity index (χ3n) is 4.38. The molecule has 0 atom stereocenters. The number of aryl methyl sites for hydroxylation is 2. The Morgan fingerprint density at radius 3 is 2.56 bits per heavy atom. The highest BCUT2D eigenvalue weighted by molar-refractivity contribution is 5.95. The Balaban J connectivity index is 1.82. The van der Waals surface area contributed by atoms with E-state index in [2.05, 4.69) is 29.2 Å². The van der Waals surface area contributed by atoms with Crippen LogP contribution in [0.25, 0.3) is 0 Å². The maximum atomic E-state index is 12.6. The van der Waals surface area contributed by atoms with Gasteiger partial charge in [-0.25, -0.2) is 9.78 Å². The zero-order chi connectivity index (χ0) is 19.1. The van der Waals surface area contributed by atoms with Crippen molar-refractivity contribution in [2.45, 2.75) is 52.1 Å². The lowest BCUT2D eigenvalue weighted by atomic mass is 10.0. The monoisotopic (exact) mass is 369 g/mol. The van der Waals surface area contributed by atoms with Gasteiger partial charge in [-0.15, -0.1) is 0 Å². The summed E-state index contributed by atoms with van der Waals surface area (Å²) >= 11 is 0. The van der Waals surface area contributed by atoms with Gasteiger partial charge in [0.25, 0.3) is 0 Å². The molecule has 1 aromatic heterocycles. The summed E-state index contributed by atoms with van der Waals surface area (Å²) in [4.78, 5) is 16.8. The van der Waals surface area contributed by atoms with Crippen molar-refractivity contribution in [2.75, 3.05) is 13.2 Å². The maximum absolute atomic E-state index is 12.6. The molecule has 0 unspecified atom stereocenters. The van der Waals surface area contributed by atoms with Gasteiger partial charge >= 0.3 is 5.97 Å². The molecule has 0 N–H and O–H groups in total. The molecule has 1 aliphatic rings. The average Bonchev–Trinajstić information content (AvgIpc) is 2.64. The van der Waals surface area contributed by atoms with Crippen molar-refractivity contribution < 1.29 is 19.0 Å². The van der Waals surface area contributed by atoms with E-state index in [0.29, 0.717) is 19.0 Å². The highest BCUT2D eigenvalue weighted by atomic mass is 16.5. The number of carbonyl (C=O) groups excluding carboxylic acids is 1. The molecule has 1 aliphatic heterocycles. The van der Waals surface area contributed by atoms with Crippen molar-refractivity contribution in [3.8, 4) is 11.6 Å². The van der Waals surface area contributed by atoms with Crippen LogP contribution in [0.15, 0.2) is 36.5 Å². The second-order valence-corrected chi connectivity index (χ2v) is 7.02. The molecule has 0 amide bonds. The van der Waals surface area contributed by atoms with Gasteiger partial charge in [-0.1, -0.05) is 24.3 Å². The van der Waals surface area contributed by atoms with E-state index in [0.717, 1.165) is 32.1 Å². The van der Waals surface area contributed by atoms with Gasteiger partial charge in [0.1, 0.15) is 5.75 Å². The highest BCUT2D eigenvalue weighted by Gasteiger charge is 2.23. The first-order valence-electron chi connectivity index (χ1n) is 9.67. The maximum Gasteiger partial charge on any atom is 0.347 e. The minimum Gasteiger partial charge on any atom is -0.492 e. The van der Waals surface area contributed by atoms with Crippen LogP contribution in [-0.4, -0.2) is 30.3 Å². The van der Waals surface area contributed by atoms with Gasteiger partial charge in [-0.2, -0.15) is 0 Å². The fourth-order valence-corrected chi connectivity index (χ4v) is 3.12. The van der Waals surface area contributed by atoms with E-state index in [1.165, 1.54) is 11.1 Å². The molecule has 0 spiro atoms. The molecule has 4 bridgehead atoms. The van der Waals surface area contributed by atoms with Crippen LogP contribution in [0.2, 0.25) is 0 Å². The summed E-state index contributed by atoms with van der Waals surface area (Å²) in [6.07, 6.45) is 6.12. The number of nitrogens with zero attached hydrogens (tertiary/aromatic N) is 1. The van der Waals surface area contributed by atoms with Gasteiger partial charge < -0.3 is 14.2 Å². The van der Waals surface area contributed by atoms with Crippen molar-refractivity contribution in [2.24, 2.45) is 0 Å². The highest BCUT2D eigenvalue weighted by Crippen LogP contribution is 2.28. The van der Waals surface area contributed by atoms with E-state index in [1.807, 2.05) is 13.8 Å². The number of hydrogen-bond donors (Lipinski definition) is 0. The number of hydrogen-bond acceptors (Lipinski definition) is 5. The topological polar surface area (TPSA) is 57.7 Å². The summed E-state index contributed by atoms with van der Waals surface area (Å²) in [7, 11) is 0. The van der Waals surface area contributed by atoms with Crippen LogP contribution in [0.3, 0.4) is 0 Å². The van der Waals surface area contributed by atoms with Crippen LogP contribution in [0, 0.1) is 0 Å². The number of pyridine rings is 1. The van der Waals surface area contributed by atoms with Gasteiger partial charge in [-0.3, -0.25) is 0 Å². The normalized spacial score (nSPS) is 15.1. The average molecular weight is 369 g/mol. The summed E-state index contributed by atoms with van der Waals surface area (Å²) in [5.74, 6) is 0.293. The molecule has 2 heterocycles. The first-order valence-corrected chi connectivity index (χ1v) is 9.67. The van der Waals surface area contributed by atoms with E-state index < -0.39 is 5.97 Å². The van der Waals surface area contributed by atoms with Crippen molar-refractivity contribution in [3.05, 3.63) is 53.2 Å². The molecule has 144 valence electrons. The zero-order valence-corrected chi connectivity index (χ0v) is 16.1. The molecular formula is C22H27NO4. The number of aromatic nitrogens is 1. The molecule has 0 fully saturated rings. The molecular weight excluding hydrogens is 342 g/mol. The summed E-state index contributed by atoms with van der Waals surface area (Å²) in [6.45, 7) is 4.64. The van der Waals surface area contributed by atoms with E-state index in [1.54, 1.807) is 12.3 Å². The van der Waals surface area contributed by atoms with Crippen LogP contribution < -0.4 is 9.47 Å². The Hall–Kier alpha value is -2.56. The van der Waals surface area contributed by atoms with Crippen molar-refractivity contribution in [1.29, 1.82) is 0 Å². The van der Waals surface area contributed by atoms with Crippen molar-refractivity contribution in [1.82, 2.24) is 4.98 Å². The number of fused-ring (bicyclic) bond motifs is 4. The standard InChI is InChI=1S/C22H27NO4/c1-16(2)27-22(24)20-19-11-12-23-21(20)26-14-6-10-18-9-5-8-17(15-18)7-3-4-13-25-19/h5,8-9,11-12,15-16H,3-4,6-7,10,13-14H2,1-2H3. The Morgan fingerprint density at radius 1 is 1.04 bits per heavy atom. The van der Waals surface area contributed by atoms with Crippen molar-refractivity contribution >= 4 is 5.97 Å². The molecule has 0 radical (unpaired) electrons. The molecule has 5 nitrogen and oxygen atoms in total. The minimum absolute atomic E-state index is 0.223. The van der Waals surface area contributed by atoms with Crippen molar-refractivity contribution in [3.63, 3.8) is 0 Å². The van der Waals surface area contributed by atoms with Gasteiger partial charge in [0, 0.05) is 6.20 Å². The number of benzene rings is 1. The Labute approximate surface area is 160 Å². The Kier molecular flexibility index (Phi) is 6.69. The fraction of sp³-hybridized carbons (Fsp3) is 0.455. The van der Waals surface area contributed by atoms with Gasteiger partial charge in [0.2, 0.25) is 5.88 Å². The summed E-state index contributed by atoms with van der Waals surface area (Å²) in [5.41, 5.74) is 2.94. The quantitative estimate of drug-likeness (QED) is 0.736. The van der Waals surface area contributed by atoms with Gasteiger partial charge in [0.15, 0.2) is 5.56 Å². The second-order valence-electron chi connectivity index (χ2n) is 7.02. The Morgan fingerprint density at radius 2 is 1.78 bits per heavy atom. The lowest BCUT2D eigenvalue weighted by Crippen LogP contribution is -2.16. The lowest BCUT2D eigenvalue weighted by Gasteiger charge is -2.15. The van der Waals surface area contributed by atoms with Crippen LogP contribution in [0.5, 0.6) is 11.6 Å². The SMILES string of the molecule is CC(C)OC(=O)c1c2ccnc1OCCCc1cccc(c1)CCCCO2. The predicted octanol–water partition coefficient (Wildman–Crippen LogP) is 4.37. The smallest absolute Gasteiger partial charge is 0.347 e. The molecule has 0 saturated heterocycles. The number of ether oxygens (including phenoxy) is 3. The zero-order valence-electron chi connectivity index (χ0n) is 16.1. The largest absolute Gasteiger partial charge is 0.492 e. The van der Waals surface area contributed by atoms with Crippen LogP contribution in [0.1, 0.15) is 54.6 Å². The second kappa shape index (κ2) is 9.40. The summed E-state index contributed by atoms with van der Waals surface area (Å²) in [6, 6.07) is 10.4. The van der Waals surface area contributed by atoms with Crippen LogP contribution in [0.4, 0.5) is 0 Å². The van der Waals surface area contributed by atoms with E-state index >= 15 is 0 Å². The predicted molar refractivity (Wildman–Crippen MR) is 103 cm³/mol. The summed E-state index contributed by atoms with van der Waals surface area (Å²) < 4.78 is 17.1. The first kappa shape index (κ1) is 19.2. The van der Waals surface area contributed by atoms with Crippen LogP contribution in [-0.2, 0) is 17.6 Å². The molecule has 0 aliphatic carbocycles. The molecule has 27 heavy (non-hydrogen) atoms. The van der Waals surface area contributed by atoms with Gasteiger partial charge in [-0.05, 0) is 63.1 Å². The lowest BCUT2D eigenvalue weighted by molar-refractivity contribution is 0.0367. The molecule has 3 rings (SSSR count). The van der Waals surface area contributed by atoms with Crippen LogP contribution >= 0.6 is 0 Å². The number of rotatable bonds is 2. The Bertz CT molecular complexity index is 773. The number of carbonyl (C=O) groups is 1. The van der Waals surface area contributed by atoms with E-state index in [9.17, 15) is 4.79 Å². The summed E-state index contributed by atoms with van der Waals surface area (Å²) in [5, 5.41) is 0. The van der Waals surface area contributed by atoms with E-state index in [4.69, 9.17) is 14.2 Å². The third kappa shape index (κ3) is 5.46. The molecule has 0 saturated carbocycles. The first-order chi connectivity index (χ1) is 13.1. The van der Waals surface area contributed by atoms with E-state index in [-0.39, 0.29) is 17.5 Å². The molecule has 1 aromatic carbocycles. The molecule has 5 heteroatoms. The number of esters is 1. The fourth-order valence-electron chi connectivity index (χ4n) is 3.12.